The third-order valence-corrected chi connectivity index (χ3v) is 5.59. The van der Waals surface area contributed by atoms with Crippen molar-refractivity contribution < 1.29 is 13.2 Å². The number of halogens is 1. The first kappa shape index (κ1) is 18.8. The van der Waals surface area contributed by atoms with Crippen molar-refractivity contribution >= 4 is 44.0 Å². The molecule has 0 aliphatic heterocycles. The molecule has 2 aromatic rings. The van der Waals surface area contributed by atoms with Gasteiger partial charge in [0, 0.05) is 13.0 Å². The second-order valence-corrected chi connectivity index (χ2v) is 8.55. The van der Waals surface area contributed by atoms with Crippen molar-refractivity contribution in [3.8, 4) is 0 Å². The number of nitrogens with zero attached hydrogens (tertiary/aromatic N) is 2. The van der Waals surface area contributed by atoms with Crippen LogP contribution in [0.4, 0.5) is 5.13 Å². The first-order valence-corrected chi connectivity index (χ1v) is 9.85. The number of hydrogen-bond donors (Lipinski definition) is 2. The van der Waals surface area contributed by atoms with E-state index in [9.17, 15) is 13.2 Å². The molecule has 0 bridgehead atoms. The highest BCUT2D eigenvalue weighted by atomic mass is 35.5. The summed E-state index contributed by atoms with van der Waals surface area (Å²) in [6, 6.07) is 6.60. The van der Waals surface area contributed by atoms with Gasteiger partial charge in [-0.1, -0.05) is 29.0 Å². The monoisotopic (exact) mass is 388 g/mol. The van der Waals surface area contributed by atoms with E-state index in [4.69, 9.17) is 11.6 Å². The Labute approximate surface area is 149 Å². The van der Waals surface area contributed by atoms with Gasteiger partial charge in [0.05, 0.1) is 4.90 Å². The molecule has 2 rings (SSSR count). The zero-order valence-corrected chi connectivity index (χ0v) is 15.5. The van der Waals surface area contributed by atoms with Crippen molar-refractivity contribution in [3.63, 3.8) is 0 Å². The van der Waals surface area contributed by atoms with Crippen molar-refractivity contribution in [3.05, 3.63) is 34.8 Å². The van der Waals surface area contributed by atoms with Crippen LogP contribution in [0.5, 0.6) is 0 Å². The molecule has 2 N–H and O–H groups in total. The fourth-order valence-electron chi connectivity index (χ4n) is 1.70. The van der Waals surface area contributed by atoms with Crippen LogP contribution in [0.25, 0.3) is 0 Å². The summed E-state index contributed by atoms with van der Waals surface area (Å²) in [4.78, 5) is 11.7. The Bertz CT molecular complexity index is 804. The number of hydrogen-bond acceptors (Lipinski definition) is 6. The van der Waals surface area contributed by atoms with Gasteiger partial charge in [0.2, 0.25) is 21.1 Å². The number of alkyl halides is 1. The number of nitrogens with one attached hydrogen (secondary N) is 2. The van der Waals surface area contributed by atoms with Crippen LogP contribution < -0.4 is 10.0 Å². The molecule has 0 saturated carbocycles. The fourth-order valence-corrected chi connectivity index (χ4v) is 3.53. The molecule has 1 heterocycles. The van der Waals surface area contributed by atoms with Gasteiger partial charge in [0.1, 0.15) is 10.4 Å². The summed E-state index contributed by atoms with van der Waals surface area (Å²) in [6.45, 7) is 3.63. The van der Waals surface area contributed by atoms with E-state index >= 15 is 0 Å². The lowest BCUT2D eigenvalue weighted by molar-refractivity contribution is -0.115. The van der Waals surface area contributed by atoms with Crippen molar-refractivity contribution in [1.82, 2.24) is 14.9 Å². The lowest BCUT2D eigenvalue weighted by Gasteiger charge is -2.05. The van der Waals surface area contributed by atoms with Crippen LogP contribution in [0, 0.1) is 6.92 Å². The summed E-state index contributed by atoms with van der Waals surface area (Å²) in [7, 11) is -3.55. The summed E-state index contributed by atoms with van der Waals surface area (Å²) in [5.41, 5.74) is 0.989. The van der Waals surface area contributed by atoms with Gasteiger partial charge >= 0.3 is 0 Å². The molecule has 1 amide bonds. The van der Waals surface area contributed by atoms with Crippen LogP contribution >= 0.6 is 22.9 Å². The van der Waals surface area contributed by atoms with Gasteiger partial charge in [-0.2, -0.15) is 0 Å². The zero-order valence-electron chi connectivity index (χ0n) is 13.1. The number of aromatic nitrogens is 2. The van der Waals surface area contributed by atoms with Crippen molar-refractivity contribution in [2.45, 2.75) is 30.5 Å². The van der Waals surface area contributed by atoms with Gasteiger partial charge in [0.15, 0.2) is 0 Å². The van der Waals surface area contributed by atoms with E-state index in [1.54, 1.807) is 31.2 Å². The minimum absolute atomic E-state index is 0.185. The predicted molar refractivity (Wildman–Crippen MR) is 93.9 cm³/mol. The highest BCUT2D eigenvalue weighted by molar-refractivity contribution is 7.89. The third kappa shape index (κ3) is 5.23. The van der Waals surface area contributed by atoms with Crippen molar-refractivity contribution in [1.29, 1.82) is 0 Å². The first-order chi connectivity index (χ1) is 11.3. The minimum Gasteiger partial charge on any atom is -0.299 e. The smallest absolute Gasteiger partial charge is 0.243 e. The van der Waals surface area contributed by atoms with Gasteiger partial charge in [-0.05, 0) is 26.0 Å². The van der Waals surface area contributed by atoms with Crippen LogP contribution in [0.1, 0.15) is 17.5 Å². The number of anilines is 1. The summed E-state index contributed by atoms with van der Waals surface area (Å²) in [6.07, 6.45) is 0.370. The van der Waals surface area contributed by atoms with Crippen LogP contribution in [0.3, 0.4) is 0 Å². The Hall–Kier alpha value is -1.55. The molecule has 0 radical (unpaired) electrons. The molecule has 10 heteroatoms. The number of sulfonamides is 1. The average molecular weight is 389 g/mol. The van der Waals surface area contributed by atoms with Crippen molar-refractivity contribution in [2.24, 2.45) is 0 Å². The second-order valence-electron chi connectivity index (χ2n) is 5.07. The molecule has 0 unspecified atom stereocenters. The van der Waals surface area contributed by atoms with Crippen LogP contribution in [0.15, 0.2) is 29.2 Å². The molecule has 7 nitrogen and oxygen atoms in total. The molecule has 24 heavy (non-hydrogen) atoms. The number of aryl methyl sites for hydroxylation is 1. The van der Waals surface area contributed by atoms with E-state index in [0.29, 0.717) is 16.6 Å². The molecule has 1 atom stereocenters. The standard InChI is InChI=1S/C14H17ClN4O3S2/c1-9-3-5-11(6-4-9)24(21,22)16-8-7-12-18-19-14(23-12)17-13(20)10(2)15/h3-6,10,16H,7-8H2,1-2H3,(H,17,19,20)/t10-/m0/s1. The summed E-state index contributed by atoms with van der Waals surface area (Å²) in [5.74, 6) is -0.362. The number of rotatable bonds is 7. The Morgan fingerprint density at radius 1 is 1.29 bits per heavy atom. The molecular formula is C14H17ClN4O3S2. The van der Waals surface area contributed by atoms with Gasteiger partial charge in [-0.3, -0.25) is 10.1 Å². The molecule has 130 valence electrons. The minimum atomic E-state index is -3.55. The average Bonchev–Trinajstić information content (AvgIpc) is 2.94. The van der Waals surface area contributed by atoms with Gasteiger partial charge in [0.25, 0.3) is 0 Å². The molecule has 0 spiro atoms. The maximum Gasteiger partial charge on any atom is 0.243 e. The van der Waals surface area contributed by atoms with Crippen molar-refractivity contribution in [2.75, 3.05) is 11.9 Å². The second kappa shape index (κ2) is 8.02. The Balaban J connectivity index is 1.89. The molecular weight excluding hydrogens is 372 g/mol. The molecule has 0 aliphatic carbocycles. The third-order valence-electron chi connectivity index (χ3n) is 3.02. The van der Waals surface area contributed by atoms with E-state index in [1.807, 2.05) is 6.92 Å². The maximum atomic E-state index is 12.1. The SMILES string of the molecule is Cc1ccc(S(=O)(=O)NCCc2nnc(NC(=O)[C@H](C)Cl)s2)cc1. The van der Waals surface area contributed by atoms with E-state index in [1.165, 1.54) is 11.3 Å². The summed E-state index contributed by atoms with van der Waals surface area (Å²) in [5, 5.41) is 10.5. The number of benzene rings is 1. The highest BCUT2D eigenvalue weighted by Gasteiger charge is 2.15. The fraction of sp³-hybridized carbons (Fsp3) is 0.357. The quantitative estimate of drug-likeness (QED) is 0.706. The van der Waals surface area contributed by atoms with Gasteiger partial charge < -0.3 is 0 Å². The number of amides is 1. The molecule has 0 saturated heterocycles. The summed E-state index contributed by atoms with van der Waals surface area (Å²) >= 11 is 6.83. The maximum absolute atomic E-state index is 12.1. The topological polar surface area (TPSA) is 101 Å². The molecule has 1 aromatic carbocycles. The molecule has 0 fully saturated rings. The van der Waals surface area contributed by atoms with E-state index in [0.717, 1.165) is 5.56 Å². The van der Waals surface area contributed by atoms with Crippen LogP contribution in [0.2, 0.25) is 0 Å². The van der Waals surface area contributed by atoms with Crippen LogP contribution in [-0.2, 0) is 21.2 Å². The predicted octanol–water partition coefficient (Wildman–Crippen LogP) is 1.93. The first-order valence-electron chi connectivity index (χ1n) is 7.11. The number of carbonyl (C=O) groups is 1. The normalized spacial score (nSPS) is 12.8. The molecule has 0 aliphatic rings. The Morgan fingerprint density at radius 2 is 1.96 bits per heavy atom. The number of carbonyl (C=O) groups excluding carboxylic acids is 1. The lowest BCUT2D eigenvalue weighted by Crippen LogP contribution is -2.25. The Kier molecular flexibility index (Phi) is 6.27. The van der Waals surface area contributed by atoms with Crippen LogP contribution in [-0.4, -0.2) is 36.4 Å². The highest BCUT2D eigenvalue weighted by Crippen LogP contribution is 2.16. The Morgan fingerprint density at radius 3 is 2.58 bits per heavy atom. The molecule has 1 aromatic heterocycles. The lowest BCUT2D eigenvalue weighted by atomic mass is 10.2. The van der Waals surface area contributed by atoms with E-state index < -0.39 is 15.4 Å². The van der Waals surface area contributed by atoms with Gasteiger partial charge in [-0.25, -0.2) is 13.1 Å². The van der Waals surface area contributed by atoms with E-state index in [-0.39, 0.29) is 17.3 Å². The van der Waals surface area contributed by atoms with E-state index in [2.05, 4.69) is 20.2 Å². The summed E-state index contributed by atoms with van der Waals surface area (Å²) < 4.78 is 26.8. The van der Waals surface area contributed by atoms with Gasteiger partial charge in [-0.15, -0.1) is 21.8 Å². The zero-order chi connectivity index (χ0) is 17.7. The largest absolute Gasteiger partial charge is 0.299 e.